The number of carbonyl (C=O) groups excluding carboxylic acids is 1. The molecule has 1 aliphatic heterocycles. The number of alkyl halides is 1. The van der Waals surface area contributed by atoms with Crippen molar-refractivity contribution in [1.82, 2.24) is 4.98 Å². The predicted octanol–water partition coefficient (Wildman–Crippen LogP) is 1.79. The Balaban J connectivity index is 2.40. The van der Waals surface area contributed by atoms with Crippen LogP contribution in [0.1, 0.15) is 0 Å². The minimum atomic E-state index is -0.290. The number of anilines is 3. The number of aromatic nitrogens is 1. The highest BCUT2D eigenvalue weighted by atomic mass is 35.5. The molecule has 2 N–H and O–H groups in total. The van der Waals surface area contributed by atoms with Crippen LogP contribution >= 0.6 is 23.2 Å². The summed E-state index contributed by atoms with van der Waals surface area (Å²) in [5, 5.41) is 6.06. The number of nitrogens with one attached hydrogen (secondary N) is 2. The normalized spacial score (nSPS) is 15.1. The van der Waals surface area contributed by atoms with E-state index < -0.39 is 0 Å². The molecule has 0 atom stereocenters. The molecule has 0 aromatic carbocycles. The van der Waals surface area contributed by atoms with E-state index in [1.165, 1.54) is 0 Å². The fourth-order valence-electron chi connectivity index (χ4n) is 2.03. The lowest BCUT2D eigenvalue weighted by atomic mass is 10.2. The molecule has 0 spiro atoms. The van der Waals surface area contributed by atoms with Gasteiger partial charge in [-0.15, -0.1) is 11.6 Å². The van der Waals surface area contributed by atoms with E-state index >= 15 is 0 Å². The summed E-state index contributed by atoms with van der Waals surface area (Å²) in [7, 11) is 1.72. The van der Waals surface area contributed by atoms with Crippen molar-refractivity contribution in [1.29, 1.82) is 0 Å². The molecule has 0 saturated carbocycles. The number of halogens is 2. The van der Waals surface area contributed by atoms with Gasteiger partial charge in [-0.3, -0.25) is 4.79 Å². The second-order valence-electron chi connectivity index (χ2n) is 4.22. The van der Waals surface area contributed by atoms with Crippen molar-refractivity contribution in [3.05, 3.63) is 11.2 Å². The van der Waals surface area contributed by atoms with Crippen LogP contribution in [0.4, 0.5) is 17.2 Å². The number of amides is 1. The minimum absolute atomic E-state index is 0.117. The first-order valence-electron chi connectivity index (χ1n) is 6.22. The van der Waals surface area contributed by atoms with E-state index in [4.69, 9.17) is 27.9 Å². The van der Waals surface area contributed by atoms with Crippen LogP contribution in [0.5, 0.6) is 0 Å². The van der Waals surface area contributed by atoms with Crippen molar-refractivity contribution in [2.24, 2.45) is 0 Å². The zero-order valence-electron chi connectivity index (χ0n) is 11.1. The molecule has 8 heteroatoms. The van der Waals surface area contributed by atoms with E-state index in [-0.39, 0.29) is 11.8 Å². The van der Waals surface area contributed by atoms with Crippen molar-refractivity contribution in [3.8, 4) is 0 Å². The fraction of sp³-hybridized carbons (Fsp3) is 0.500. The molecule has 110 valence electrons. The number of carbonyl (C=O) groups is 1. The van der Waals surface area contributed by atoms with Gasteiger partial charge in [0.15, 0.2) is 5.82 Å². The third kappa shape index (κ3) is 3.45. The summed E-state index contributed by atoms with van der Waals surface area (Å²) in [5.41, 5.74) is 1.40. The molecular weight excluding hydrogens is 303 g/mol. The van der Waals surface area contributed by atoms with Gasteiger partial charge in [-0.05, 0) is 0 Å². The highest BCUT2D eigenvalue weighted by molar-refractivity contribution is 6.31. The molecule has 2 rings (SSSR count). The van der Waals surface area contributed by atoms with Crippen LogP contribution in [-0.2, 0) is 9.53 Å². The Labute approximate surface area is 127 Å². The molecule has 1 amide bonds. The van der Waals surface area contributed by atoms with E-state index in [0.717, 1.165) is 18.8 Å². The monoisotopic (exact) mass is 318 g/mol. The zero-order chi connectivity index (χ0) is 14.5. The third-order valence-corrected chi connectivity index (χ3v) is 3.38. The van der Waals surface area contributed by atoms with E-state index in [0.29, 0.717) is 29.9 Å². The van der Waals surface area contributed by atoms with Gasteiger partial charge in [-0.1, -0.05) is 11.6 Å². The molecule has 0 unspecified atom stereocenters. The predicted molar refractivity (Wildman–Crippen MR) is 81.2 cm³/mol. The molecule has 1 saturated heterocycles. The van der Waals surface area contributed by atoms with Crippen LogP contribution in [0.15, 0.2) is 6.07 Å². The summed E-state index contributed by atoms with van der Waals surface area (Å²) in [6.45, 7) is 2.73. The summed E-state index contributed by atoms with van der Waals surface area (Å²) in [5.74, 6) is 0.105. The number of pyridine rings is 1. The van der Waals surface area contributed by atoms with Crippen LogP contribution in [0.25, 0.3) is 0 Å². The molecule has 2 heterocycles. The first kappa shape index (κ1) is 15.2. The van der Waals surface area contributed by atoms with Gasteiger partial charge in [-0.2, -0.15) is 0 Å². The molecule has 1 fully saturated rings. The van der Waals surface area contributed by atoms with E-state index in [1.54, 1.807) is 13.1 Å². The van der Waals surface area contributed by atoms with Crippen molar-refractivity contribution in [3.63, 3.8) is 0 Å². The summed E-state index contributed by atoms with van der Waals surface area (Å²) < 4.78 is 5.34. The van der Waals surface area contributed by atoms with Gasteiger partial charge in [-0.25, -0.2) is 4.98 Å². The first-order chi connectivity index (χ1) is 9.65. The number of hydrogen-bond donors (Lipinski definition) is 2. The van der Waals surface area contributed by atoms with Gasteiger partial charge >= 0.3 is 0 Å². The summed E-state index contributed by atoms with van der Waals surface area (Å²) in [6.07, 6.45) is 0. The maximum absolute atomic E-state index is 11.6. The van der Waals surface area contributed by atoms with E-state index in [2.05, 4.69) is 20.5 Å². The average molecular weight is 319 g/mol. The van der Waals surface area contributed by atoms with Crippen molar-refractivity contribution >= 4 is 46.3 Å². The number of rotatable bonds is 4. The van der Waals surface area contributed by atoms with Crippen LogP contribution < -0.4 is 15.5 Å². The fourth-order valence-corrected chi connectivity index (χ4v) is 2.29. The van der Waals surface area contributed by atoms with Crippen molar-refractivity contribution in [2.75, 3.05) is 54.8 Å². The van der Waals surface area contributed by atoms with E-state index in [1.807, 2.05) is 0 Å². The van der Waals surface area contributed by atoms with Gasteiger partial charge in [0.25, 0.3) is 0 Å². The lowest BCUT2D eigenvalue weighted by Gasteiger charge is -2.31. The smallest absolute Gasteiger partial charge is 0.239 e. The highest BCUT2D eigenvalue weighted by Gasteiger charge is 2.20. The maximum atomic E-state index is 11.6. The molecule has 1 aliphatic rings. The van der Waals surface area contributed by atoms with Crippen LogP contribution in [0.3, 0.4) is 0 Å². The lowest BCUT2D eigenvalue weighted by Crippen LogP contribution is -2.37. The SMILES string of the molecule is CNc1nc(Cl)cc(N2CCOCC2)c1NC(=O)CCl. The topological polar surface area (TPSA) is 66.5 Å². The van der Waals surface area contributed by atoms with Crippen LogP contribution in [-0.4, -0.2) is 50.1 Å². The summed E-state index contributed by atoms with van der Waals surface area (Å²) in [6, 6.07) is 1.73. The Kier molecular flexibility index (Phi) is 5.28. The zero-order valence-corrected chi connectivity index (χ0v) is 12.6. The Morgan fingerprint density at radius 1 is 1.50 bits per heavy atom. The number of ether oxygens (including phenoxy) is 1. The summed E-state index contributed by atoms with van der Waals surface area (Å²) in [4.78, 5) is 17.9. The largest absolute Gasteiger partial charge is 0.378 e. The maximum Gasteiger partial charge on any atom is 0.239 e. The van der Waals surface area contributed by atoms with Crippen molar-refractivity contribution < 1.29 is 9.53 Å². The van der Waals surface area contributed by atoms with Gasteiger partial charge in [0.1, 0.15) is 16.7 Å². The van der Waals surface area contributed by atoms with Crippen LogP contribution in [0, 0.1) is 0 Å². The Hall–Kier alpha value is -1.24. The molecule has 0 aliphatic carbocycles. The second kappa shape index (κ2) is 6.97. The van der Waals surface area contributed by atoms with Gasteiger partial charge in [0.05, 0.1) is 18.9 Å². The molecule has 1 aromatic rings. The molecule has 0 radical (unpaired) electrons. The molecular formula is C12H16Cl2N4O2. The number of hydrogen-bond acceptors (Lipinski definition) is 5. The number of morpholine rings is 1. The number of nitrogens with zero attached hydrogens (tertiary/aromatic N) is 2. The first-order valence-corrected chi connectivity index (χ1v) is 7.13. The quantitative estimate of drug-likeness (QED) is 0.654. The lowest BCUT2D eigenvalue weighted by molar-refractivity contribution is -0.113. The minimum Gasteiger partial charge on any atom is -0.378 e. The van der Waals surface area contributed by atoms with Gasteiger partial charge < -0.3 is 20.3 Å². The summed E-state index contributed by atoms with van der Waals surface area (Å²) >= 11 is 11.6. The van der Waals surface area contributed by atoms with Gasteiger partial charge in [0.2, 0.25) is 5.91 Å². The molecule has 20 heavy (non-hydrogen) atoms. The van der Waals surface area contributed by atoms with Crippen molar-refractivity contribution in [2.45, 2.75) is 0 Å². The van der Waals surface area contributed by atoms with Crippen LogP contribution in [0.2, 0.25) is 5.15 Å². The molecule has 0 bridgehead atoms. The molecule has 6 nitrogen and oxygen atoms in total. The highest BCUT2D eigenvalue weighted by Crippen LogP contribution is 2.34. The second-order valence-corrected chi connectivity index (χ2v) is 4.87. The third-order valence-electron chi connectivity index (χ3n) is 2.94. The Morgan fingerprint density at radius 2 is 2.20 bits per heavy atom. The molecule has 1 aromatic heterocycles. The average Bonchev–Trinajstić information content (AvgIpc) is 2.49. The van der Waals surface area contributed by atoms with Gasteiger partial charge in [0, 0.05) is 26.2 Å². The standard InChI is InChI=1S/C12H16Cl2N4O2/c1-15-12-11(17-10(19)7-13)8(6-9(14)16-12)18-2-4-20-5-3-18/h6H,2-5,7H2,1H3,(H,15,16)(H,17,19). The Bertz CT molecular complexity index is 493. The Morgan fingerprint density at radius 3 is 2.80 bits per heavy atom. The van der Waals surface area contributed by atoms with E-state index in [9.17, 15) is 4.79 Å².